The van der Waals surface area contributed by atoms with Crippen molar-refractivity contribution in [3.05, 3.63) is 29.3 Å². The predicted molar refractivity (Wildman–Crippen MR) is 51.9 cm³/mol. The largest absolute Gasteiger partial charge is 0.507 e. The van der Waals surface area contributed by atoms with E-state index in [1.165, 1.54) is 6.07 Å². The van der Waals surface area contributed by atoms with Gasteiger partial charge in [0.15, 0.2) is 5.75 Å². The van der Waals surface area contributed by atoms with Gasteiger partial charge in [-0.3, -0.25) is 9.78 Å². The summed E-state index contributed by atoms with van der Waals surface area (Å²) in [5.41, 5.74) is 0. The summed E-state index contributed by atoms with van der Waals surface area (Å²) in [5.74, 6) is 1.01. The second kappa shape index (κ2) is 2.45. The van der Waals surface area contributed by atoms with E-state index in [9.17, 15) is 5.11 Å². The van der Waals surface area contributed by atoms with Gasteiger partial charge < -0.3 is 5.11 Å². The number of hydrogen-bond acceptors (Lipinski definition) is 3. The molecular weight excluding hydrogens is 204 g/mol. The van der Waals surface area contributed by atoms with Crippen LogP contribution in [0.1, 0.15) is 0 Å². The van der Waals surface area contributed by atoms with E-state index in [1.807, 2.05) is 0 Å². The maximum atomic E-state index is 9.64. The van der Waals surface area contributed by atoms with Crippen LogP contribution in [0.15, 0.2) is 24.3 Å². The zero-order chi connectivity index (χ0) is 9.71. The van der Waals surface area contributed by atoms with E-state index in [-0.39, 0.29) is 5.75 Å². The van der Waals surface area contributed by atoms with Gasteiger partial charge in [0.2, 0.25) is 5.75 Å². The van der Waals surface area contributed by atoms with Gasteiger partial charge in [0, 0.05) is 11.5 Å². The van der Waals surface area contributed by atoms with Crippen molar-refractivity contribution in [2.45, 2.75) is 0 Å². The number of benzene rings is 2. The lowest BCUT2D eigenvalue weighted by Crippen LogP contribution is -2.06. The Hall–Kier alpha value is -1.61. The summed E-state index contributed by atoms with van der Waals surface area (Å²) in [6.45, 7) is 0. The molecular formula is C10H5ClO3. The van der Waals surface area contributed by atoms with Crippen molar-refractivity contribution in [1.29, 1.82) is 0 Å². The van der Waals surface area contributed by atoms with Crippen molar-refractivity contribution in [3.63, 3.8) is 0 Å². The first-order valence-electron chi connectivity index (χ1n) is 4.06. The molecule has 0 radical (unpaired) electrons. The summed E-state index contributed by atoms with van der Waals surface area (Å²) < 4.78 is 0. The molecule has 2 aromatic rings. The quantitative estimate of drug-likeness (QED) is 0.677. The molecule has 1 aliphatic rings. The maximum absolute atomic E-state index is 9.64. The van der Waals surface area contributed by atoms with Crippen LogP contribution in [0.25, 0.3) is 10.8 Å². The van der Waals surface area contributed by atoms with Crippen LogP contribution in [-0.2, 0) is 0 Å². The second-order valence-corrected chi connectivity index (χ2v) is 3.43. The highest BCUT2D eigenvalue weighted by Crippen LogP contribution is 2.45. The maximum Gasteiger partial charge on any atom is 0.201 e. The van der Waals surface area contributed by atoms with Gasteiger partial charge >= 0.3 is 0 Å². The lowest BCUT2D eigenvalue weighted by molar-refractivity contribution is -0.101. The van der Waals surface area contributed by atoms with E-state index in [1.54, 1.807) is 18.2 Å². The van der Waals surface area contributed by atoms with Crippen LogP contribution in [0.4, 0.5) is 0 Å². The summed E-state index contributed by atoms with van der Waals surface area (Å²) in [5, 5.41) is 11.5. The lowest BCUT2D eigenvalue weighted by Gasteiger charge is -2.17. The predicted octanol–water partition coefficient (Wildman–Crippen LogP) is 2.89. The van der Waals surface area contributed by atoms with Gasteiger partial charge in [-0.1, -0.05) is 23.7 Å². The molecule has 4 heteroatoms. The number of hydrogen-bond donors (Lipinski definition) is 1. The zero-order valence-electron chi connectivity index (χ0n) is 6.95. The van der Waals surface area contributed by atoms with Gasteiger partial charge in [-0.2, -0.15) is 0 Å². The number of rotatable bonds is 0. The summed E-state index contributed by atoms with van der Waals surface area (Å²) >= 11 is 6.04. The van der Waals surface area contributed by atoms with Crippen LogP contribution in [0.3, 0.4) is 0 Å². The molecule has 0 saturated carbocycles. The van der Waals surface area contributed by atoms with Gasteiger partial charge in [-0.25, -0.2) is 0 Å². The minimum Gasteiger partial charge on any atom is -0.507 e. The van der Waals surface area contributed by atoms with E-state index in [0.29, 0.717) is 27.3 Å². The Morgan fingerprint density at radius 2 is 1.93 bits per heavy atom. The molecule has 3 rings (SSSR count). The SMILES string of the molecule is Oc1cc2c(Cl)c3c(cccc13)OO2. The molecule has 2 aromatic carbocycles. The fourth-order valence-corrected chi connectivity index (χ4v) is 1.86. The molecule has 0 atom stereocenters. The fraction of sp³-hybridized carbons (Fsp3) is 0. The second-order valence-electron chi connectivity index (χ2n) is 3.05. The number of phenolic OH excluding ortho intramolecular Hbond substituents is 1. The Balaban J connectivity index is 2.61. The highest BCUT2D eigenvalue weighted by Gasteiger charge is 2.21. The summed E-state index contributed by atoms with van der Waals surface area (Å²) in [7, 11) is 0. The van der Waals surface area contributed by atoms with E-state index < -0.39 is 0 Å². The third-order valence-corrected chi connectivity index (χ3v) is 2.60. The molecule has 70 valence electrons. The van der Waals surface area contributed by atoms with Gasteiger partial charge in [0.1, 0.15) is 5.75 Å². The Bertz CT molecular complexity index is 536. The van der Waals surface area contributed by atoms with Crippen molar-refractivity contribution >= 4 is 22.4 Å². The number of halogens is 1. The van der Waals surface area contributed by atoms with E-state index in [0.717, 1.165) is 0 Å². The molecule has 0 unspecified atom stereocenters. The van der Waals surface area contributed by atoms with E-state index >= 15 is 0 Å². The first kappa shape index (κ1) is 7.76. The van der Waals surface area contributed by atoms with Crippen molar-refractivity contribution in [3.8, 4) is 17.2 Å². The average molecular weight is 209 g/mol. The molecule has 0 amide bonds. The van der Waals surface area contributed by atoms with E-state index in [2.05, 4.69) is 0 Å². The summed E-state index contributed by atoms with van der Waals surface area (Å²) in [6, 6.07) is 6.71. The Labute approximate surface area is 84.4 Å². The molecule has 2 bridgehead atoms. The Morgan fingerprint density at radius 1 is 1.14 bits per heavy atom. The number of phenols is 1. The van der Waals surface area contributed by atoms with Crippen molar-refractivity contribution in [2.24, 2.45) is 0 Å². The van der Waals surface area contributed by atoms with Crippen LogP contribution < -0.4 is 9.78 Å². The van der Waals surface area contributed by atoms with Crippen molar-refractivity contribution < 1.29 is 14.9 Å². The Kier molecular flexibility index (Phi) is 1.36. The van der Waals surface area contributed by atoms with Crippen LogP contribution in [0, 0.1) is 0 Å². The Morgan fingerprint density at radius 3 is 2.79 bits per heavy atom. The molecule has 0 aromatic heterocycles. The first-order chi connectivity index (χ1) is 6.77. The van der Waals surface area contributed by atoms with Gasteiger partial charge in [0.25, 0.3) is 0 Å². The monoisotopic (exact) mass is 208 g/mol. The van der Waals surface area contributed by atoms with Gasteiger partial charge in [-0.05, 0) is 6.07 Å². The average Bonchev–Trinajstić information content (AvgIpc) is 2.20. The summed E-state index contributed by atoms with van der Waals surface area (Å²) in [6.07, 6.45) is 0. The fourth-order valence-electron chi connectivity index (χ4n) is 1.58. The van der Waals surface area contributed by atoms with Crippen molar-refractivity contribution in [2.75, 3.05) is 0 Å². The molecule has 3 nitrogen and oxygen atoms in total. The molecule has 0 spiro atoms. The van der Waals surface area contributed by atoms with Crippen molar-refractivity contribution in [1.82, 2.24) is 0 Å². The molecule has 0 saturated heterocycles. The lowest BCUT2D eigenvalue weighted by atomic mass is 10.1. The minimum absolute atomic E-state index is 0.143. The van der Waals surface area contributed by atoms with Crippen LogP contribution in [0.5, 0.6) is 17.2 Å². The molecule has 0 fully saturated rings. The standard InChI is InChI=1S/C10H5ClO3/c11-10-8-4-6(12)5-2-1-3-7(9(5)10)13-14-8/h1-4,12H. The zero-order valence-corrected chi connectivity index (χ0v) is 7.71. The van der Waals surface area contributed by atoms with Gasteiger partial charge in [-0.15, -0.1) is 0 Å². The third-order valence-electron chi connectivity index (χ3n) is 2.23. The normalized spacial score (nSPS) is 12.6. The number of aromatic hydroxyl groups is 1. The minimum atomic E-state index is 0.143. The molecule has 1 aliphatic heterocycles. The molecule has 0 aliphatic carbocycles. The topological polar surface area (TPSA) is 38.7 Å². The third kappa shape index (κ3) is 0.822. The van der Waals surface area contributed by atoms with Crippen LogP contribution in [-0.4, -0.2) is 5.11 Å². The molecule has 14 heavy (non-hydrogen) atoms. The highest BCUT2D eigenvalue weighted by molar-refractivity contribution is 6.38. The van der Waals surface area contributed by atoms with E-state index in [4.69, 9.17) is 21.4 Å². The molecule has 1 N–H and O–H groups in total. The highest BCUT2D eigenvalue weighted by atomic mass is 35.5. The summed E-state index contributed by atoms with van der Waals surface area (Å²) in [4.78, 5) is 9.88. The smallest absolute Gasteiger partial charge is 0.201 e. The van der Waals surface area contributed by atoms with Crippen LogP contribution >= 0.6 is 11.6 Å². The van der Waals surface area contributed by atoms with Crippen LogP contribution in [0.2, 0.25) is 5.02 Å². The molecule has 1 heterocycles. The number of fused-ring (bicyclic) bond motifs is 1. The van der Waals surface area contributed by atoms with Gasteiger partial charge in [0.05, 0.1) is 10.4 Å². The first-order valence-corrected chi connectivity index (χ1v) is 4.44.